The maximum Gasteiger partial charge on any atom is 0.250 e. The maximum absolute atomic E-state index is 12.0. The molecule has 2 aromatic rings. The van der Waals surface area contributed by atoms with E-state index in [0.717, 1.165) is 10.4 Å². The van der Waals surface area contributed by atoms with Crippen LogP contribution in [0.1, 0.15) is 10.4 Å². The lowest BCUT2D eigenvalue weighted by Gasteiger charge is -2.05. The number of sulfonamides is 1. The molecule has 0 atom stereocenters. The van der Waals surface area contributed by atoms with Gasteiger partial charge in [-0.1, -0.05) is 12.1 Å². The average Bonchev–Trinajstić information content (AvgIpc) is 2.76. The number of benzene rings is 1. The van der Waals surface area contributed by atoms with E-state index in [2.05, 4.69) is 4.72 Å². The number of nitrogens with one attached hydrogen (secondary N) is 1. The van der Waals surface area contributed by atoms with Crippen molar-refractivity contribution in [3.63, 3.8) is 0 Å². The number of rotatable bonds is 5. The molecule has 4 nitrogen and oxygen atoms in total. The molecule has 0 radical (unpaired) electrons. The molecule has 0 unspecified atom stereocenters. The zero-order valence-electron chi connectivity index (χ0n) is 10.5. The molecule has 1 aromatic carbocycles. The quantitative estimate of drug-likeness (QED) is 0.890. The van der Waals surface area contributed by atoms with Gasteiger partial charge >= 0.3 is 0 Å². The van der Waals surface area contributed by atoms with E-state index >= 15 is 0 Å². The Bertz CT molecular complexity index is 662. The zero-order chi connectivity index (χ0) is 13.9. The van der Waals surface area contributed by atoms with Crippen molar-refractivity contribution in [1.29, 1.82) is 0 Å². The zero-order valence-corrected chi connectivity index (χ0v) is 12.1. The largest absolute Gasteiger partial charge is 0.508 e. The molecule has 0 bridgehead atoms. The molecule has 0 spiro atoms. The summed E-state index contributed by atoms with van der Waals surface area (Å²) in [5.41, 5.74) is 0.894. The van der Waals surface area contributed by atoms with E-state index in [1.54, 1.807) is 30.3 Å². The van der Waals surface area contributed by atoms with Crippen LogP contribution < -0.4 is 4.72 Å². The van der Waals surface area contributed by atoms with Crippen LogP contribution in [0.3, 0.4) is 0 Å². The van der Waals surface area contributed by atoms with E-state index in [4.69, 9.17) is 0 Å². The Labute approximate surface area is 116 Å². The second-order valence-electron chi connectivity index (χ2n) is 4.18. The molecule has 0 aliphatic heterocycles. The van der Waals surface area contributed by atoms with Gasteiger partial charge < -0.3 is 5.11 Å². The molecular weight excluding hydrogens is 282 g/mol. The van der Waals surface area contributed by atoms with E-state index in [1.807, 2.05) is 13.0 Å². The Balaban J connectivity index is 1.96. The van der Waals surface area contributed by atoms with Crippen LogP contribution in [0.2, 0.25) is 0 Å². The molecule has 1 heterocycles. The van der Waals surface area contributed by atoms with Crippen LogP contribution in [0, 0.1) is 6.92 Å². The molecule has 0 saturated carbocycles. The molecule has 102 valence electrons. The summed E-state index contributed by atoms with van der Waals surface area (Å²) in [6.45, 7) is 2.18. The fourth-order valence-electron chi connectivity index (χ4n) is 1.67. The molecule has 19 heavy (non-hydrogen) atoms. The molecule has 0 aliphatic rings. The summed E-state index contributed by atoms with van der Waals surface area (Å²) in [5.74, 6) is 0.189. The second-order valence-corrected chi connectivity index (χ2v) is 7.46. The molecule has 6 heteroatoms. The van der Waals surface area contributed by atoms with Crippen LogP contribution in [0.15, 0.2) is 40.6 Å². The number of phenolic OH excluding ortho intramolecular Hbond substituents is 1. The van der Waals surface area contributed by atoms with Gasteiger partial charge in [-0.05, 0) is 43.2 Å². The van der Waals surface area contributed by atoms with Gasteiger partial charge in [-0.3, -0.25) is 0 Å². The van der Waals surface area contributed by atoms with Crippen molar-refractivity contribution in [2.45, 2.75) is 17.6 Å². The predicted molar refractivity (Wildman–Crippen MR) is 76.1 cm³/mol. The van der Waals surface area contributed by atoms with Gasteiger partial charge in [-0.2, -0.15) is 0 Å². The smallest absolute Gasteiger partial charge is 0.250 e. The van der Waals surface area contributed by atoms with Crippen molar-refractivity contribution >= 4 is 21.4 Å². The van der Waals surface area contributed by atoms with E-state index in [-0.39, 0.29) is 5.75 Å². The summed E-state index contributed by atoms with van der Waals surface area (Å²) >= 11 is 1.25. The topological polar surface area (TPSA) is 66.4 Å². The average molecular weight is 297 g/mol. The van der Waals surface area contributed by atoms with E-state index in [1.165, 1.54) is 11.3 Å². The molecular formula is C13H15NO3S2. The third kappa shape index (κ3) is 3.79. The van der Waals surface area contributed by atoms with Crippen LogP contribution in [-0.2, 0) is 16.4 Å². The van der Waals surface area contributed by atoms with Crippen molar-refractivity contribution < 1.29 is 13.5 Å². The van der Waals surface area contributed by atoms with Gasteiger partial charge in [0, 0.05) is 11.4 Å². The van der Waals surface area contributed by atoms with E-state index < -0.39 is 10.0 Å². The van der Waals surface area contributed by atoms with Crippen molar-refractivity contribution in [3.8, 4) is 5.75 Å². The van der Waals surface area contributed by atoms with Gasteiger partial charge in [0.15, 0.2) is 0 Å². The van der Waals surface area contributed by atoms with Crippen molar-refractivity contribution in [2.75, 3.05) is 6.54 Å². The lowest BCUT2D eigenvalue weighted by molar-refractivity contribution is 0.474. The lowest BCUT2D eigenvalue weighted by Crippen LogP contribution is -2.25. The van der Waals surface area contributed by atoms with Crippen molar-refractivity contribution in [3.05, 3.63) is 46.8 Å². The van der Waals surface area contributed by atoms with E-state index in [0.29, 0.717) is 17.2 Å². The van der Waals surface area contributed by atoms with Crippen molar-refractivity contribution in [2.24, 2.45) is 0 Å². The van der Waals surface area contributed by atoms with Gasteiger partial charge in [0.25, 0.3) is 0 Å². The van der Waals surface area contributed by atoms with Gasteiger partial charge in [-0.25, -0.2) is 13.1 Å². The first kappa shape index (κ1) is 14.0. The third-order valence-corrected chi connectivity index (χ3v) is 5.55. The minimum absolute atomic E-state index is 0.189. The van der Waals surface area contributed by atoms with Crippen LogP contribution >= 0.6 is 11.3 Å². The molecule has 1 aromatic heterocycles. The van der Waals surface area contributed by atoms with Crippen LogP contribution in [-0.4, -0.2) is 20.1 Å². The van der Waals surface area contributed by atoms with E-state index in [9.17, 15) is 13.5 Å². The van der Waals surface area contributed by atoms with Crippen molar-refractivity contribution in [1.82, 2.24) is 4.72 Å². The number of aryl methyl sites for hydroxylation is 1. The SMILES string of the molecule is Cc1ccc(S(=O)(=O)NCCc2cccc(O)c2)s1. The number of phenols is 1. The van der Waals surface area contributed by atoms with Gasteiger partial charge in [0.05, 0.1) is 0 Å². The summed E-state index contributed by atoms with van der Waals surface area (Å²) in [7, 11) is -3.41. The maximum atomic E-state index is 12.0. The summed E-state index contributed by atoms with van der Waals surface area (Å²) < 4.78 is 26.8. The summed E-state index contributed by atoms with van der Waals surface area (Å²) in [4.78, 5) is 0.966. The normalized spacial score (nSPS) is 11.6. The number of aromatic hydroxyl groups is 1. The predicted octanol–water partition coefficient (Wildman–Crippen LogP) is 2.28. The highest BCUT2D eigenvalue weighted by Gasteiger charge is 2.15. The van der Waals surface area contributed by atoms with Crippen LogP contribution in [0.4, 0.5) is 0 Å². The van der Waals surface area contributed by atoms with Gasteiger partial charge in [0.1, 0.15) is 9.96 Å². The molecule has 0 saturated heterocycles. The molecule has 2 rings (SSSR count). The minimum atomic E-state index is -3.41. The number of hydrogen-bond acceptors (Lipinski definition) is 4. The Hall–Kier alpha value is -1.37. The minimum Gasteiger partial charge on any atom is -0.508 e. The Morgan fingerprint density at radius 1 is 1.26 bits per heavy atom. The van der Waals surface area contributed by atoms with Gasteiger partial charge in [-0.15, -0.1) is 11.3 Å². The molecule has 0 fully saturated rings. The van der Waals surface area contributed by atoms with Crippen LogP contribution in [0.25, 0.3) is 0 Å². The summed E-state index contributed by atoms with van der Waals surface area (Å²) in [6.07, 6.45) is 0.540. The standard InChI is InChI=1S/C13H15NO3S2/c1-10-5-6-13(18-10)19(16,17)14-8-7-11-3-2-4-12(15)9-11/h2-6,9,14-15H,7-8H2,1H3. The highest BCUT2D eigenvalue weighted by atomic mass is 32.2. The lowest BCUT2D eigenvalue weighted by atomic mass is 10.1. The van der Waals surface area contributed by atoms with Gasteiger partial charge in [0.2, 0.25) is 10.0 Å². The number of thiophene rings is 1. The Morgan fingerprint density at radius 3 is 2.68 bits per heavy atom. The highest BCUT2D eigenvalue weighted by Crippen LogP contribution is 2.20. The summed E-state index contributed by atoms with van der Waals surface area (Å²) in [6, 6.07) is 10.2. The monoisotopic (exact) mass is 297 g/mol. The fraction of sp³-hybridized carbons (Fsp3) is 0.231. The Morgan fingerprint density at radius 2 is 2.05 bits per heavy atom. The first-order chi connectivity index (χ1) is 8.97. The fourth-order valence-corrected chi connectivity index (χ4v) is 4.03. The van der Waals surface area contributed by atoms with Crippen LogP contribution in [0.5, 0.6) is 5.75 Å². The molecule has 0 aliphatic carbocycles. The second kappa shape index (κ2) is 5.73. The number of hydrogen-bond donors (Lipinski definition) is 2. The molecule has 0 amide bonds. The third-order valence-electron chi connectivity index (χ3n) is 2.60. The molecule has 2 N–H and O–H groups in total. The summed E-state index contributed by atoms with van der Waals surface area (Å²) in [5, 5.41) is 9.32. The highest BCUT2D eigenvalue weighted by molar-refractivity contribution is 7.91. The first-order valence-corrected chi connectivity index (χ1v) is 8.11. The Kier molecular flexibility index (Phi) is 4.24. The first-order valence-electron chi connectivity index (χ1n) is 5.81.